The van der Waals surface area contributed by atoms with Crippen molar-refractivity contribution in [2.75, 3.05) is 33.9 Å². The van der Waals surface area contributed by atoms with Gasteiger partial charge >= 0.3 is 0 Å². The molecule has 4 aromatic rings. The zero-order valence-electron chi connectivity index (χ0n) is 20.3. The Labute approximate surface area is 206 Å². The van der Waals surface area contributed by atoms with Gasteiger partial charge in [0.2, 0.25) is 0 Å². The minimum Gasteiger partial charge on any atom is -0.497 e. The minimum atomic E-state index is 0.203. The number of likely N-dealkylation sites (tertiary alicyclic amines) is 1. The van der Waals surface area contributed by atoms with Gasteiger partial charge in [-0.25, -0.2) is 0 Å². The molecule has 1 saturated heterocycles. The SMILES string of the molecule is COc1cccc(-c2cncc(-c3cn(CCN4CCC(C#N)CC4)c4c(OC)cccc34)c2)c1. The van der Waals surface area contributed by atoms with Crippen molar-refractivity contribution in [3.05, 3.63) is 67.1 Å². The van der Waals surface area contributed by atoms with Crippen molar-refractivity contribution >= 4 is 10.9 Å². The summed E-state index contributed by atoms with van der Waals surface area (Å²) in [7, 11) is 3.41. The minimum absolute atomic E-state index is 0.203. The number of hydrogen-bond acceptors (Lipinski definition) is 5. The molecule has 2 aromatic heterocycles. The summed E-state index contributed by atoms with van der Waals surface area (Å²) in [6.45, 7) is 3.76. The summed E-state index contributed by atoms with van der Waals surface area (Å²) in [5.41, 5.74) is 5.42. The molecule has 35 heavy (non-hydrogen) atoms. The van der Waals surface area contributed by atoms with Crippen LogP contribution in [0.1, 0.15) is 12.8 Å². The van der Waals surface area contributed by atoms with Crippen LogP contribution in [0.3, 0.4) is 0 Å². The number of rotatable bonds is 7. The highest BCUT2D eigenvalue weighted by molar-refractivity contribution is 5.99. The third-order valence-corrected chi connectivity index (χ3v) is 6.96. The highest BCUT2D eigenvalue weighted by Crippen LogP contribution is 2.37. The van der Waals surface area contributed by atoms with E-state index in [1.165, 1.54) is 0 Å². The molecule has 2 aromatic carbocycles. The average Bonchev–Trinajstić information content (AvgIpc) is 3.31. The number of aromatic nitrogens is 2. The lowest BCUT2D eigenvalue weighted by Gasteiger charge is -2.29. The predicted molar refractivity (Wildman–Crippen MR) is 138 cm³/mol. The third-order valence-electron chi connectivity index (χ3n) is 6.96. The lowest BCUT2D eigenvalue weighted by atomic mass is 9.99. The Bertz CT molecular complexity index is 1360. The van der Waals surface area contributed by atoms with Crippen molar-refractivity contribution in [3.8, 4) is 39.8 Å². The van der Waals surface area contributed by atoms with Gasteiger partial charge in [-0.2, -0.15) is 5.26 Å². The molecule has 0 N–H and O–H groups in total. The average molecular weight is 467 g/mol. The van der Waals surface area contributed by atoms with Gasteiger partial charge < -0.3 is 18.9 Å². The molecular weight excluding hydrogens is 436 g/mol. The van der Waals surface area contributed by atoms with Gasteiger partial charge in [0.05, 0.1) is 25.8 Å². The molecular formula is C29H30N4O2. The van der Waals surface area contributed by atoms with Crippen LogP contribution in [-0.2, 0) is 6.54 Å². The zero-order chi connectivity index (χ0) is 24.2. The number of piperidine rings is 1. The first kappa shape index (κ1) is 22.9. The molecule has 6 heteroatoms. The van der Waals surface area contributed by atoms with Gasteiger partial charge in [-0.3, -0.25) is 4.98 Å². The molecule has 1 aliphatic heterocycles. The summed E-state index contributed by atoms with van der Waals surface area (Å²) in [5, 5.41) is 10.3. The first-order valence-corrected chi connectivity index (χ1v) is 12.1. The maximum atomic E-state index is 9.19. The number of fused-ring (bicyclic) bond motifs is 1. The van der Waals surface area contributed by atoms with E-state index < -0.39 is 0 Å². The van der Waals surface area contributed by atoms with Crippen LogP contribution in [0, 0.1) is 17.2 Å². The van der Waals surface area contributed by atoms with Gasteiger partial charge in [-0.1, -0.05) is 24.3 Å². The smallest absolute Gasteiger partial charge is 0.143 e. The van der Waals surface area contributed by atoms with E-state index in [2.05, 4.69) is 44.9 Å². The summed E-state index contributed by atoms with van der Waals surface area (Å²) >= 11 is 0. The van der Waals surface area contributed by atoms with Crippen molar-refractivity contribution in [1.82, 2.24) is 14.5 Å². The van der Waals surface area contributed by atoms with Crippen LogP contribution in [-0.4, -0.2) is 48.3 Å². The maximum absolute atomic E-state index is 9.19. The van der Waals surface area contributed by atoms with E-state index in [0.717, 1.165) is 83.7 Å². The van der Waals surface area contributed by atoms with Crippen LogP contribution in [0.15, 0.2) is 67.1 Å². The van der Waals surface area contributed by atoms with E-state index in [-0.39, 0.29) is 5.92 Å². The number of benzene rings is 2. The third kappa shape index (κ3) is 4.73. The molecule has 0 bridgehead atoms. The molecule has 3 heterocycles. The monoisotopic (exact) mass is 466 g/mol. The summed E-state index contributed by atoms with van der Waals surface area (Å²) in [5.74, 6) is 1.90. The van der Waals surface area contributed by atoms with Crippen molar-refractivity contribution in [1.29, 1.82) is 5.26 Å². The standard InChI is InChI=1S/C29H30N4O2/c1-34-25-6-3-5-22(16-25)23-15-24(19-31-18-23)27-20-33(29-26(27)7-4-8-28(29)35-2)14-13-32-11-9-21(17-30)10-12-32/h3-8,15-16,18-21H,9-14H2,1-2H3. The van der Waals surface area contributed by atoms with Gasteiger partial charge in [0.25, 0.3) is 0 Å². The maximum Gasteiger partial charge on any atom is 0.143 e. The summed E-state index contributed by atoms with van der Waals surface area (Å²) in [6, 6.07) is 18.9. The van der Waals surface area contributed by atoms with Gasteiger partial charge in [0.1, 0.15) is 11.5 Å². The Kier molecular flexibility index (Phi) is 6.69. The van der Waals surface area contributed by atoms with Crippen LogP contribution >= 0.6 is 0 Å². The van der Waals surface area contributed by atoms with Crippen molar-refractivity contribution in [2.24, 2.45) is 5.92 Å². The van der Waals surface area contributed by atoms with Crippen LogP contribution in [0.2, 0.25) is 0 Å². The molecule has 6 nitrogen and oxygen atoms in total. The fraction of sp³-hybridized carbons (Fsp3) is 0.310. The van der Waals surface area contributed by atoms with E-state index >= 15 is 0 Å². The summed E-state index contributed by atoms with van der Waals surface area (Å²) in [4.78, 5) is 7.03. The molecule has 0 radical (unpaired) electrons. The van der Waals surface area contributed by atoms with Crippen molar-refractivity contribution in [3.63, 3.8) is 0 Å². The molecule has 178 valence electrons. The zero-order valence-corrected chi connectivity index (χ0v) is 20.3. The molecule has 1 fully saturated rings. The number of pyridine rings is 1. The lowest BCUT2D eigenvalue weighted by Crippen LogP contribution is -2.35. The molecule has 0 unspecified atom stereocenters. The van der Waals surface area contributed by atoms with Crippen LogP contribution in [0.4, 0.5) is 0 Å². The molecule has 0 atom stereocenters. The Morgan fingerprint density at radius 2 is 1.74 bits per heavy atom. The van der Waals surface area contributed by atoms with Crippen molar-refractivity contribution in [2.45, 2.75) is 19.4 Å². The quantitative estimate of drug-likeness (QED) is 0.354. The largest absolute Gasteiger partial charge is 0.497 e. The Balaban J connectivity index is 1.49. The second-order valence-corrected chi connectivity index (χ2v) is 9.03. The normalized spacial score (nSPS) is 14.7. The topological polar surface area (TPSA) is 63.3 Å². The highest BCUT2D eigenvalue weighted by Gasteiger charge is 2.20. The molecule has 1 aliphatic rings. The second-order valence-electron chi connectivity index (χ2n) is 9.03. The number of hydrogen-bond donors (Lipinski definition) is 0. The molecule has 0 spiro atoms. The predicted octanol–water partition coefficient (Wildman–Crippen LogP) is 5.62. The Morgan fingerprint density at radius 1 is 0.943 bits per heavy atom. The van der Waals surface area contributed by atoms with E-state index in [1.54, 1.807) is 14.2 Å². The summed E-state index contributed by atoms with van der Waals surface area (Å²) < 4.78 is 13.5. The van der Waals surface area contributed by atoms with Gasteiger partial charge in [0, 0.05) is 59.7 Å². The fourth-order valence-electron chi connectivity index (χ4n) is 4.98. The first-order chi connectivity index (χ1) is 17.2. The van der Waals surface area contributed by atoms with Gasteiger partial charge in [-0.05, 0) is 55.8 Å². The number of para-hydroxylation sites is 1. The highest BCUT2D eigenvalue weighted by atomic mass is 16.5. The summed E-state index contributed by atoms with van der Waals surface area (Å²) in [6.07, 6.45) is 7.96. The number of nitrogens with zero attached hydrogens (tertiary/aromatic N) is 4. The van der Waals surface area contributed by atoms with Crippen molar-refractivity contribution < 1.29 is 9.47 Å². The molecule has 0 aliphatic carbocycles. The van der Waals surface area contributed by atoms with Crippen LogP contribution in [0.25, 0.3) is 33.2 Å². The first-order valence-electron chi connectivity index (χ1n) is 12.1. The number of nitriles is 1. The van der Waals surface area contributed by atoms with Crippen LogP contribution < -0.4 is 9.47 Å². The fourth-order valence-corrected chi connectivity index (χ4v) is 4.98. The van der Waals surface area contributed by atoms with Gasteiger partial charge in [-0.15, -0.1) is 0 Å². The molecule has 0 saturated carbocycles. The lowest BCUT2D eigenvalue weighted by molar-refractivity contribution is 0.199. The van der Waals surface area contributed by atoms with Crippen LogP contribution in [0.5, 0.6) is 11.5 Å². The van der Waals surface area contributed by atoms with E-state index in [1.807, 2.05) is 42.7 Å². The second kappa shape index (κ2) is 10.2. The van der Waals surface area contributed by atoms with E-state index in [0.29, 0.717) is 0 Å². The molecule has 0 amide bonds. The number of ether oxygens (including phenoxy) is 2. The Morgan fingerprint density at radius 3 is 2.51 bits per heavy atom. The number of methoxy groups -OCH3 is 2. The van der Waals surface area contributed by atoms with Gasteiger partial charge in [0.15, 0.2) is 0 Å². The molecule has 5 rings (SSSR count). The van der Waals surface area contributed by atoms with E-state index in [4.69, 9.17) is 9.47 Å². The van der Waals surface area contributed by atoms with E-state index in [9.17, 15) is 5.26 Å². The Hall–Kier alpha value is -3.82.